The van der Waals surface area contributed by atoms with Gasteiger partial charge in [0.15, 0.2) is 0 Å². The van der Waals surface area contributed by atoms with E-state index < -0.39 is 11.7 Å². The van der Waals surface area contributed by atoms with Crippen LogP contribution < -0.4 is 5.32 Å². The highest BCUT2D eigenvalue weighted by Crippen LogP contribution is 2.33. The van der Waals surface area contributed by atoms with E-state index in [9.17, 15) is 13.2 Å². The molecule has 6 heteroatoms. The number of hydrogen-bond acceptors (Lipinski definition) is 3. The van der Waals surface area contributed by atoms with E-state index in [1.165, 1.54) is 23.5 Å². The second kappa shape index (κ2) is 5.54. The topological polar surface area (TPSA) is 24.9 Å². The zero-order valence-corrected chi connectivity index (χ0v) is 12.2. The van der Waals surface area contributed by atoms with Crippen LogP contribution in [0.25, 0.3) is 0 Å². The van der Waals surface area contributed by atoms with Gasteiger partial charge < -0.3 is 5.32 Å². The smallest absolute Gasteiger partial charge is 0.308 e. The van der Waals surface area contributed by atoms with Gasteiger partial charge in [0.1, 0.15) is 0 Å². The Balaban J connectivity index is 2.41. The highest BCUT2D eigenvalue weighted by molar-refractivity contribution is 7.09. The molecule has 2 aromatic rings. The Bertz CT molecular complexity index is 605. The predicted molar refractivity (Wildman–Crippen MR) is 73.9 cm³/mol. The van der Waals surface area contributed by atoms with Crippen LogP contribution in [0, 0.1) is 13.8 Å². The average Bonchev–Trinajstić information content (AvgIpc) is 2.77. The Morgan fingerprint density at radius 2 is 1.95 bits per heavy atom. The van der Waals surface area contributed by atoms with Crippen molar-refractivity contribution < 1.29 is 13.2 Å². The summed E-state index contributed by atoms with van der Waals surface area (Å²) < 4.78 is 38.0. The van der Waals surface area contributed by atoms with Crippen LogP contribution in [0.2, 0.25) is 0 Å². The zero-order chi connectivity index (χ0) is 14.9. The molecule has 2 rings (SSSR count). The second-order valence-electron chi connectivity index (χ2n) is 4.58. The second-order valence-corrected chi connectivity index (χ2v) is 5.64. The third-order valence-electron chi connectivity index (χ3n) is 3.13. The van der Waals surface area contributed by atoms with Gasteiger partial charge >= 0.3 is 6.18 Å². The summed E-state index contributed by atoms with van der Waals surface area (Å²) in [5.41, 5.74) is 1.62. The molecule has 0 aliphatic heterocycles. The van der Waals surface area contributed by atoms with Crippen LogP contribution in [-0.4, -0.2) is 12.0 Å². The normalized spacial score (nSPS) is 13.5. The van der Waals surface area contributed by atoms with Crippen molar-refractivity contribution in [2.45, 2.75) is 26.1 Å². The molecule has 108 valence electrons. The zero-order valence-electron chi connectivity index (χ0n) is 11.4. The molecular weight excluding hydrogens is 285 g/mol. The van der Waals surface area contributed by atoms with E-state index in [1.54, 1.807) is 14.0 Å². The Morgan fingerprint density at radius 1 is 1.25 bits per heavy atom. The number of benzene rings is 1. The van der Waals surface area contributed by atoms with E-state index in [2.05, 4.69) is 10.3 Å². The molecule has 1 N–H and O–H groups in total. The average molecular weight is 300 g/mol. The molecular formula is C14H15F3N2S. The molecule has 1 atom stereocenters. The Morgan fingerprint density at radius 3 is 2.40 bits per heavy atom. The molecule has 1 aromatic carbocycles. The monoisotopic (exact) mass is 300 g/mol. The summed E-state index contributed by atoms with van der Waals surface area (Å²) in [7, 11) is 1.77. The van der Waals surface area contributed by atoms with Crippen LogP contribution in [0.5, 0.6) is 0 Å². The van der Waals surface area contributed by atoms with Gasteiger partial charge in [0.05, 0.1) is 22.3 Å². The van der Waals surface area contributed by atoms with Gasteiger partial charge in [0.25, 0.3) is 0 Å². The van der Waals surface area contributed by atoms with E-state index in [0.29, 0.717) is 5.56 Å². The minimum Gasteiger partial charge on any atom is -0.308 e. The first kappa shape index (κ1) is 15.0. The molecule has 0 radical (unpaired) electrons. The quantitative estimate of drug-likeness (QED) is 0.923. The highest BCUT2D eigenvalue weighted by Gasteiger charge is 2.31. The fourth-order valence-electron chi connectivity index (χ4n) is 2.15. The number of halogens is 3. The number of thiazole rings is 1. The van der Waals surface area contributed by atoms with Gasteiger partial charge in [-0.2, -0.15) is 13.2 Å². The van der Waals surface area contributed by atoms with Crippen LogP contribution >= 0.6 is 11.3 Å². The van der Waals surface area contributed by atoms with E-state index >= 15 is 0 Å². The number of alkyl halides is 3. The minimum atomic E-state index is -4.31. The van der Waals surface area contributed by atoms with Crippen molar-refractivity contribution in [2.75, 3.05) is 7.05 Å². The lowest BCUT2D eigenvalue weighted by atomic mass is 9.97. The molecule has 20 heavy (non-hydrogen) atoms. The largest absolute Gasteiger partial charge is 0.416 e. The summed E-state index contributed by atoms with van der Waals surface area (Å²) in [6.45, 7) is 3.59. The molecule has 0 bridgehead atoms. The van der Waals surface area contributed by atoms with E-state index in [-0.39, 0.29) is 6.04 Å². The number of rotatable bonds is 3. The van der Waals surface area contributed by atoms with Gasteiger partial charge in [-0.1, -0.05) is 6.07 Å². The molecule has 0 fully saturated rings. The maximum Gasteiger partial charge on any atom is 0.416 e. The van der Waals surface area contributed by atoms with Crippen LogP contribution in [-0.2, 0) is 6.18 Å². The van der Waals surface area contributed by atoms with Crippen molar-refractivity contribution in [2.24, 2.45) is 0 Å². The number of hydrogen-bond donors (Lipinski definition) is 1. The van der Waals surface area contributed by atoms with Crippen molar-refractivity contribution in [1.82, 2.24) is 10.3 Å². The maximum absolute atomic E-state index is 12.7. The standard InChI is InChI=1S/C14H15F3N2S/c1-8-6-10(14(15,16)17)4-5-11(8)13(18-3)12-7-20-9(2)19-12/h4-7,13,18H,1-3H3. The van der Waals surface area contributed by atoms with Gasteiger partial charge in [0.2, 0.25) is 0 Å². The van der Waals surface area contributed by atoms with Crippen molar-refractivity contribution in [1.29, 1.82) is 0 Å². The summed E-state index contributed by atoms with van der Waals surface area (Å²) in [6.07, 6.45) is -4.31. The predicted octanol–water partition coefficient (Wildman–Crippen LogP) is 4.09. The molecule has 2 nitrogen and oxygen atoms in total. The molecule has 1 unspecified atom stereocenters. The van der Waals surface area contributed by atoms with Gasteiger partial charge in [-0.05, 0) is 44.2 Å². The molecule has 0 spiro atoms. The summed E-state index contributed by atoms with van der Waals surface area (Å²) >= 11 is 1.52. The Labute approximate surface area is 119 Å². The minimum absolute atomic E-state index is 0.192. The van der Waals surface area contributed by atoms with Gasteiger partial charge in [-0.25, -0.2) is 4.98 Å². The number of nitrogens with zero attached hydrogens (tertiary/aromatic N) is 1. The van der Waals surface area contributed by atoms with Crippen molar-refractivity contribution in [3.05, 3.63) is 51.0 Å². The first-order chi connectivity index (χ1) is 9.32. The first-order valence-electron chi connectivity index (χ1n) is 6.10. The van der Waals surface area contributed by atoms with E-state index in [1.807, 2.05) is 12.3 Å². The lowest BCUT2D eigenvalue weighted by molar-refractivity contribution is -0.137. The van der Waals surface area contributed by atoms with Gasteiger partial charge in [0, 0.05) is 5.38 Å². The molecule has 0 saturated carbocycles. The third kappa shape index (κ3) is 3.02. The molecule has 0 aliphatic carbocycles. The molecule has 0 saturated heterocycles. The van der Waals surface area contributed by atoms with E-state index in [0.717, 1.165) is 22.3 Å². The molecule has 0 aliphatic rings. The Kier molecular flexibility index (Phi) is 4.15. The summed E-state index contributed by atoms with van der Waals surface area (Å²) in [4.78, 5) is 4.40. The lowest BCUT2D eigenvalue weighted by Crippen LogP contribution is -2.19. The van der Waals surface area contributed by atoms with Crippen LogP contribution in [0.3, 0.4) is 0 Å². The SMILES string of the molecule is CNC(c1csc(C)n1)c1ccc(C(F)(F)F)cc1C. The van der Waals surface area contributed by atoms with Crippen molar-refractivity contribution in [3.8, 4) is 0 Å². The summed E-state index contributed by atoms with van der Waals surface area (Å²) in [5.74, 6) is 0. The van der Waals surface area contributed by atoms with Crippen molar-refractivity contribution in [3.63, 3.8) is 0 Å². The number of aryl methyl sites for hydroxylation is 2. The molecule has 1 heterocycles. The maximum atomic E-state index is 12.7. The Hall–Kier alpha value is -1.40. The third-order valence-corrected chi connectivity index (χ3v) is 3.92. The summed E-state index contributed by atoms with van der Waals surface area (Å²) in [5, 5.41) is 5.97. The fraction of sp³-hybridized carbons (Fsp3) is 0.357. The van der Waals surface area contributed by atoms with Gasteiger partial charge in [-0.3, -0.25) is 0 Å². The van der Waals surface area contributed by atoms with Gasteiger partial charge in [-0.15, -0.1) is 11.3 Å². The fourth-order valence-corrected chi connectivity index (χ4v) is 2.79. The van der Waals surface area contributed by atoms with Crippen LogP contribution in [0.15, 0.2) is 23.6 Å². The highest BCUT2D eigenvalue weighted by atomic mass is 32.1. The first-order valence-corrected chi connectivity index (χ1v) is 6.98. The van der Waals surface area contributed by atoms with Crippen LogP contribution in [0.4, 0.5) is 13.2 Å². The molecule has 1 aromatic heterocycles. The summed E-state index contributed by atoms with van der Waals surface area (Å²) in [6, 6.07) is 3.63. The van der Waals surface area contributed by atoms with Crippen LogP contribution in [0.1, 0.15) is 33.4 Å². The number of nitrogens with one attached hydrogen (secondary N) is 1. The lowest BCUT2D eigenvalue weighted by Gasteiger charge is -2.18. The number of aromatic nitrogens is 1. The molecule has 0 amide bonds. The van der Waals surface area contributed by atoms with E-state index in [4.69, 9.17) is 0 Å². The van der Waals surface area contributed by atoms with Crippen molar-refractivity contribution >= 4 is 11.3 Å².